The van der Waals surface area contributed by atoms with E-state index in [-0.39, 0.29) is 23.3 Å². The minimum absolute atomic E-state index is 0.106. The molecular weight excluding hydrogens is 204 g/mol. The van der Waals surface area contributed by atoms with Crippen LogP contribution < -0.4 is 5.73 Å². The van der Waals surface area contributed by atoms with E-state index in [9.17, 15) is 9.90 Å². The lowest BCUT2D eigenvalue weighted by molar-refractivity contribution is -0.135. The number of carbonyl (C=O) groups is 1. The maximum Gasteiger partial charge on any atom is 0.227 e. The number of likely N-dealkylation sites (tertiary alicyclic amines) is 1. The first-order chi connectivity index (χ1) is 7.33. The quantitative estimate of drug-likeness (QED) is 0.743. The van der Waals surface area contributed by atoms with Crippen LogP contribution >= 0.6 is 0 Å². The highest BCUT2D eigenvalue weighted by atomic mass is 16.3. The predicted molar refractivity (Wildman–Crippen MR) is 63.8 cm³/mol. The number of β-amino-alcohol motifs (C(OH)–C–C–N with tert-alkyl or cyclic N) is 1. The van der Waals surface area contributed by atoms with Gasteiger partial charge in [0.2, 0.25) is 5.91 Å². The van der Waals surface area contributed by atoms with E-state index in [0.717, 1.165) is 6.42 Å². The third-order valence-corrected chi connectivity index (χ3v) is 2.97. The molecule has 0 aromatic carbocycles. The van der Waals surface area contributed by atoms with Gasteiger partial charge < -0.3 is 15.7 Å². The molecule has 1 aliphatic rings. The molecule has 1 aliphatic heterocycles. The standard InChI is InChI=1S/C12H24N2O2/c1-12(2,3)6-9(7-13)11(16)14-5-4-10(15)8-14/h9-10,15H,4-8,13H2,1-3H3/t9?,10-/m1/s1. The lowest BCUT2D eigenvalue weighted by Crippen LogP contribution is -2.39. The Balaban J connectivity index is 2.56. The maximum absolute atomic E-state index is 12.1. The van der Waals surface area contributed by atoms with Crippen LogP contribution in [0.15, 0.2) is 0 Å². The number of hydrogen-bond acceptors (Lipinski definition) is 3. The first kappa shape index (κ1) is 13.5. The van der Waals surface area contributed by atoms with Crippen LogP contribution in [0, 0.1) is 11.3 Å². The summed E-state index contributed by atoms with van der Waals surface area (Å²) in [4.78, 5) is 13.9. The molecule has 1 heterocycles. The van der Waals surface area contributed by atoms with E-state index >= 15 is 0 Å². The molecular formula is C12H24N2O2. The van der Waals surface area contributed by atoms with Crippen molar-refractivity contribution in [3.63, 3.8) is 0 Å². The number of carbonyl (C=O) groups excluding carboxylic acids is 1. The zero-order valence-corrected chi connectivity index (χ0v) is 10.6. The fraction of sp³-hybridized carbons (Fsp3) is 0.917. The monoisotopic (exact) mass is 228 g/mol. The highest BCUT2D eigenvalue weighted by molar-refractivity contribution is 5.79. The molecule has 1 rings (SSSR count). The molecule has 0 spiro atoms. The molecule has 0 radical (unpaired) electrons. The number of aliphatic hydroxyl groups is 1. The predicted octanol–water partition coefficient (Wildman–Crippen LogP) is 0.591. The van der Waals surface area contributed by atoms with Crippen LogP contribution in [0.4, 0.5) is 0 Å². The van der Waals surface area contributed by atoms with Crippen molar-refractivity contribution in [3.8, 4) is 0 Å². The summed E-state index contributed by atoms with van der Waals surface area (Å²) in [6, 6.07) is 0. The molecule has 0 aromatic heterocycles. The molecule has 3 N–H and O–H groups in total. The molecule has 0 aromatic rings. The minimum Gasteiger partial charge on any atom is -0.391 e. The Morgan fingerprint density at radius 3 is 2.56 bits per heavy atom. The fourth-order valence-corrected chi connectivity index (χ4v) is 2.21. The summed E-state index contributed by atoms with van der Waals surface area (Å²) in [6.45, 7) is 7.87. The van der Waals surface area contributed by atoms with Crippen molar-refractivity contribution in [2.24, 2.45) is 17.1 Å². The van der Waals surface area contributed by atoms with Gasteiger partial charge in [-0.3, -0.25) is 4.79 Å². The third-order valence-electron chi connectivity index (χ3n) is 2.97. The molecule has 16 heavy (non-hydrogen) atoms. The van der Waals surface area contributed by atoms with Crippen LogP contribution in [0.1, 0.15) is 33.6 Å². The van der Waals surface area contributed by atoms with E-state index in [4.69, 9.17) is 5.73 Å². The van der Waals surface area contributed by atoms with Crippen molar-refractivity contribution in [3.05, 3.63) is 0 Å². The molecule has 0 saturated carbocycles. The van der Waals surface area contributed by atoms with Gasteiger partial charge in [0, 0.05) is 19.6 Å². The molecule has 1 unspecified atom stereocenters. The Labute approximate surface area is 97.8 Å². The van der Waals surface area contributed by atoms with E-state index in [2.05, 4.69) is 20.8 Å². The molecule has 0 aliphatic carbocycles. The Kier molecular flexibility index (Phi) is 4.33. The Morgan fingerprint density at radius 1 is 1.56 bits per heavy atom. The molecule has 0 bridgehead atoms. The number of nitrogens with two attached hydrogens (primary N) is 1. The van der Waals surface area contributed by atoms with E-state index < -0.39 is 0 Å². The van der Waals surface area contributed by atoms with Crippen LogP contribution in [-0.4, -0.2) is 41.7 Å². The molecule has 4 nitrogen and oxygen atoms in total. The van der Waals surface area contributed by atoms with Gasteiger partial charge in [-0.15, -0.1) is 0 Å². The summed E-state index contributed by atoms with van der Waals surface area (Å²) in [5.74, 6) is -0.000671. The van der Waals surface area contributed by atoms with Crippen molar-refractivity contribution >= 4 is 5.91 Å². The van der Waals surface area contributed by atoms with Gasteiger partial charge in [0.25, 0.3) is 0 Å². The lowest BCUT2D eigenvalue weighted by atomic mass is 9.84. The summed E-state index contributed by atoms with van der Waals surface area (Å²) in [6.07, 6.45) is 1.14. The second-order valence-corrected chi connectivity index (χ2v) is 5.92. The van der Waals surface area contributed by atoms with E-state index in [1.54, 1.807) is 4.90 Å². The van der Waals surface area contributed by atoms with Gasteiger partial charge in [-0.05, 0) is 18.3 Å². The molecule has 94 valence electrons. The number of aliphatic hydroxyl groups excluding tert-OH is 1. The number of hydrogen-bond donors (Lipinski definition) is 2. The van der Waals surface area contributed by atoms with Crippen LogP contribution in [0.2, 0.25) is 0 Å². The number of nitrogens with zero attached hydrogens (tertiary/aromatic N) is 1. The highest BCUT2D eigenvalue weighted by Crippen LogP contribution is 2.26. The molecule has 1 saturated heterocycles. The smallest absolute Gasteiger partial charge is 0.227 e. The largest absolute Gasteiger partial charge is 0.391 e. The number of rotatable bonds is 3. The normalized spacial score (nSPS) is 23.6. The van der Waals surface area contributed by atoms with Gasteiger partial charge in [0.05, 0.1) is 12.0 Å². The topological polar surface area (TPSA) is 66.6 Å². The average Bonchev–Trinajstić information content (AvgIpc) is 2.58. The Hall–Kier alpha value is -0.610. The highest BCUT2D eigenvalue weighted by Gasteiger charge is 2.31. The maximum atomic E-state index is 12.1. The van der Waals surface area contributed by atoms with Gasteiger partial charge in [-0.1, -0.05) is 20.8 Å². The Morgan fingerprint density at radius 2 is 2.19 bits per heavy atom. The van der Waals surface area contributed by atoms with E-state index in [1.165, 1.54) is 0 Å². The van der Waals surface area contributed by atoms with Gasteiger partial charge >= 0.3 is 0 Å². The van der Waals surface area contributed by atoms with Crippen LogP contribution in [0.3, 0.4) is 0 Å². The number of amides is 1. The van der Waals surface area contributed by atoms with Crippen molar-refractivity contribution in [1.29, 1.82) is 0 Å². The average molecular weight is 228 g/mol. The summed E-state index contributed by atoms with van der Waals surface area (Å²) in [5, 5.41) is 9.41. The second kappa shape index (κ2) is 5.15. The van der Waals surface area contributed by atoms with E-state index in [0.29, 0.717) is 26.1 Å². The minimum atomic E-state index is -0.350. The summed E-state index contributed by atoms with van der Waals surface area (Å²) in [7, 11) is 0. The van der Waals surface area contributed by atoms with Crippen LogP contribution in [0.5, 0.6) is 0 Å². The Bertz CT molecular complexity index is 248. The first-order valence-corrected chi connectivity index (χ1v) is 6.00. The molecule has 4 heteroatoms. The summed E-state index contributed by atoms with van der Waals surface area (Å²) in [5.41, 5.74) is 5.78. The van der Waals surface area contributed by atoms with Gasteiger partial charge in [0.15, 0.2) is 0 Å². The zero-order valence-electron chi connectivity index (χ0n) is 10.6. The zero-order chi connectivity index (χ0) is 12.3. The van der Waals surface area contributed by atoms with Crippen molar-refractivity contribution < 1.29 is 9.90 Å². The molecule has 2 atom stereocenters. The van der Waals surface area contributed by atoms with E-state index in [1.807, 2.05) is 0 Å². The van der Waals surface area contributed by atoms with Gasteiger partial charge in [-0.2, -0.15) is 0 Å². The van der Waals surface area contributed by atoms with Crippen molar-refractivity contribution in [2.45, 2.75) is 39.7 Å². The summed E-state index contributed by atoms with van der Waals surface area (Å²) < 4.78 is 0. The van der Waals surface area contributed by atoms with Crippen molar-refractivity contribution in [1.82, 2.24) is 4.90 Å². The summed E-state index contributed by atoms with van der Waals surface area (Å²) >= 11 is 0. The molecule has 1 fully saturated rings. The van der Waals surface area contributed by atoms with Gasteiger partial charge in [0.1, 0.15) is 0 Å². The lowest BCUT2D eigenvalue weighted by Gasteiger charge is -2.27. The van der Waals surface area contributed by atoms with Crippen LogP contribution in [-0.2, 0) is 4.79 Å². The first-order valence-electron chi connectivity index (χ1n) is 6.00. The third kappa shape index (κ3) is 3.76. The van der Waals surface area contributed by atoms with Crippen molar-refractivity contribution in [2.75, 3.05) is 19.6 Å². The van der Waals surface area contributed by atoms with Crippen LogP contribution in [0.25, 0.3) is 0 Å². The fourth-order valence-electron chi connectivity index (χ4n) is 2.21. The SMILES string of the molecule is CC(C)(C)CC(CN)C(=O)N1CC[C@@H](O)C1. The second-order valence-electron chi connectivity index (χ2n) is 5.92. The van der Waals surface area contributed by atoms with Gasteiger partial charge in [-0.25, -0.2) is 0 Å². The molecule has 1 amide bonds.